The van der Waals surface area contributed by atoms with Crippen LogP contribution in [0.1, 0.15) is 33.3 Å². The summed E-state index contributed by atoms with van der Waals surface area (Å²) in [5, 5.41) is 11.8. The summed E-state index contributed by atoms with van der Waals surface area (Å²) >= 11 is 0. The number of hydrogen-bond donors (Lipinski definition) is 2. The van der Waals surface area contributed by atoms with E-state index in [1.807, 2.05) is 24.3 Å². The number of carboxylic acid groups (broad SMARTS) is 1. The Kier molecular flexibility index (Phi) is 5.35. The van der Waals surface area contributed by atoms with Crippen molar-refractivity contribution in [3.05, 3.63) is 29.8 Å². The van der Waals surface area contributed by atoms with Crippen molar-refractivity contribution >= 4 is 17.7 Å². The van der Waals surface area contributed by atoms with Gasteiger partial charge in [0.15, 0.2) is 0 Å². The lowest BCUT2D eigenvalue weighted by atomic mass is 9.87. The molecule has 0 aliphatic heterocycles. The summed E-state index contributed by atoms with van der Waals surface area (Å²) in [6.07, 6.45) is 0.932. The van der Waals surface area contributed by atoms with Crippen molar-refractivity contribution in [3.8, 4) is 0 Å². The first-order valence-electron chi connectivity index (χ1n) is 7.02. The van der Waals surface area contributed by atoms with Gasteiger partial charge in [0.05, 0.1) is 0 Å². The number of nitrogens with zero attached hydrogens (tertiary/aromatic N) is 1. The summed E-state index contributed by atoms with van der Waals surface area (Å²) in [6, 6.07) is 6.25. The highest BCUT2D eigenvalue weighted by Gasteiger charge is 2.33. The highest BCUT2D eigenvalue weighted by molar-refractivity contribution is 5.94. The van der Waals surface area contributed by atoms with Crippen molar-refractivity contribution in [2.75, 3.05) is 11.9 Å². The smallest absolute Gasteiger partial charge is 0.326 e. The molecule has 0 heterocycles. The molecule has 5 heteroatoms. The molecule has 116 valence electrons. The molecule has 0 bridgehead atoms. The average Bonchev–Trinajstić information content (AvgIpc) is 2.42. The summed E-state index contributed by atoms with van der Waals surface area (Å²) in [5.74, 6) is -1.04. The van der Waals surface area contributed by atoms with E-state index in [0.29, 0.717) is 0 Å². The van der Waals surface area contributed by atoms with E-state index >= 15 is 0 Å². The van der Waals surface area contributed by atoms with Gasteiger partial charge in [-0.3, -0.25) is 4.90 Å². The van der Waals surface area contributed by atoms with E-state index in [9.17, 15) is 14.7 Å². The molecule has 5 nitrogen and oxygen atoms in total. The van der Waals surface area contributed by atoms with Crippen LogP contribution in [0.15, 0.2) is 24.3 Å². The van der Waals surface area contributed by atoms with Gasteiger partial charge in [-0.2, -0.15) is 0 Å². The molecule has 0 aliphatic rings. The number of aryl methyl sites for hydroxylation is 1. The highest BCUT2D eigenvalue weighted by Crippen LogP contribution is 2.20. The number of amides is 2. The number of carbonyl (C=O) groups excluding carboxylic acids is 1. The molecule has 0 unspecified atom stereocenters. The molecule has 1 aromatic rings. The minimum absolute atomic E-state index is 0.429. The summed E-state index contributed by atoms with van der Waals surface area (Å²) < 4.78 is 0. The standard InChI is InChI=1S/C16H24N2O3/c1-6-11-7-9-12(10-8-11)18(5)15(21)17-13(14(19)20)16(2,3)4/h7-10,13H,6H2,1-5H3,(H,17,21)(H,19,20)/t13-/m1/s1. The highest BCUT2D eigenvalue weighted by atomic mass is 16.4. The second kappa shape index (κ2) is 6.61. The van der Waals surface area contributed by atoms with Crippen LogP contribution in [0, 0.1) is 5.41 Å². The third-order valence-electron chi connectivity index (χ3n) is 3.42. The zero-order valence-electron chi connectivity index (χ0n) is 13.3. The quantitative estimate of drug-likeness (QED) is 0.896. The van der Waals surface area contributed by atoms with Gasteiger partial charge in [-0.1, -0.05) is 39.8 Å². The molecule has 21 heavy (non-hydrogen) atoms. The molecule has 2 N–H and O–H groups in total. The second-order valence-electron chi connectivity index (χ2n) is 6.17. The first kappa shape index (κ1) is 17.0. The van der Waals surface area contributed by atoms with Crippen LogP contribution < -0.4 is 10.2 Å². The van der Waals surface area contributed by atoms with Crippen LogP contribution >= 0.6 is 0 Å². The van der Waals surface area contributed by atoms with Crippen LogP contribution in [0.4, 0.5) is 10.5 Å². The fourth-order valence-electron chi connectivity index (χ4n) is 1.94. The van der Waals surface area contributed by atoms with Gasteiger partial charge in [-0.25, -0.2) is 9.59 Å². The van der Waals surface area contributed by atoms with E-state index in [-0.39, 0.29) is 0 Å². The van der Waals surface area contributed by atoms with E-state index in [2.05, 4.69) is 12.2 Å². The molecule has 1 rings (SSSR count). The Labute approximate surface area is 126 Å². The van der Waals surface area contributed by atoms with Crippen LogP contribution in [-0.2, 0) is 11.2 Å². The lowest BCUT2D eigenvalue weighted by molar-refractivity contribution is -0.141. The zero-order valence-corrected chi connectivity index (χ0v) is 13.3. The Morgan fingerprint density at radius 3 is 2.14 bits per heavy atom. The number of carbonyl (C=O) groups is 2. The van der Waals surface area contributed by atoms with Crippen LogP contribution in [0.5, 0.6) is 0 Å². The summed E-state index contributed by atoms with van der Waals surface area (Å²) in [7, 11) is 1.62. The van der Waals surface area contributed by atoms with E-state index in [1.165, 1.54) is 10.5 Å². The number of aliphatic carboxylic acids is 1. The number of nitrogens with one attached hydrogen (secondary N) is 1. The Balaban J connectivity index is 2.84. The van der Waals surface area contributed by atoms with Gasteiger partial charge < -0.3 is 10.4 Å². The minimum Gasteiger partial charge on any atom is -0.480 e. The predicted octanol–water partition coefficient (Wildman–Crippen LogP) is 2.89. The molecule has 0 fully saturated rings. The van der Waals surface area contributed by atoms with E-state index in [4.69, 9.17) is 0 Å². The fourth-order valence-corrected chi connectivity index (χ4v) is 1.94. The van der Waals surface area contributed by atoms with Crippen molar-refractivity contribution in [1.82, 2.24) is 5.32 Å². The molecule has 0 saturated heterocycles. The molecular formula is C16H24N2O3. The maximum Gasteiger partial charge on any atom is 0.326 e. The summed E-state index contributed by atoms with van der Waals surface area (Å²) in [4.78, 5) is 24.9. The van der Waals surface area contributed by atoms with Gasteiger partial charge in [0.1, 0.15) is 6.04 Å². The lowest BCUT2D eigenvalue weighted by Crippen LogP contribution is -2.52. The second-order valence-corrected chi connectivity index (χ2v) is 6.17. The van der Waals surface area contributed by atoms with Crippen LogP contribution in [0.3, 0.4) is 0 Å². The predicted molar refractivity (Wildman–Crippen MR) is 83.6 cm³/mol. The minimum atomic E-state index is -1.04. The van der Waals surface area contributed by atoms with Crippen LogP contribution in [0.25, 0.3) is 0 Å². The lowest BCUT2D eigenvalue weighted by Gasteiger charge is -2.29. The molecule has 0 spiro atoms. The maximum absolute atomic E-state index is 12.2. The van der Waals surface area contributed by atoms with Gasteiger partial charge in [-0.05, 0) is 29.5 Å². The third-order valence-corrected chi connectivity index (χ3v) is 3.42. The average molecular weight is 292 g/mol. The van der Waals surface area contributed by atoms with Gasteiger partial charge >= 0.3 is 12.0 Å². The van der Waals surface area contributed by atoms with Gasteiger partial charge in [-0.15, -0.1) is 0 Å². The third kappa shape index (κ3) is 4.48. The van der Waals surface area contributed by atoms with Crippen molar-refractivity contribution in [1.29, 1.82) is 0 Å². The van der Waals surface area contributed by atoms with Gasteiger partial charge in [0, 0.05) is 12.7 Å². The van der Waals surface area contributed by atoms with Gasteiger partial charge in [0.25, 0.3) is 0 Å². The molecule has 0 aliphatic carbocycles. The largest absolute Gasteiger partial charge is 0.480 e. The Bertz CT molecular complexity index is 503. The number of benzene rings is 1. The van der Waals surface area contributed by atoms with Crippen molar-refractivity contribution in [3.63, 3.8) is 0 Å². The number of anilines is 1. The monoisotopic (exact) mass is 292 g/mol. The van der Waals surface area contributed by atoms with E-state index in [0.717, 1.165) is 12.1 Å². The Hall–Kier alpha value is -2.04. The molecular weight excluding hydrogens is 268 g/mol. The summed E-state index contributed by atoms with van der Waals surface area (Å²) in [6.45, 7) is 7.40. The van der Waals surface area contributed by atoms with Gasteiger partial charge in [0.2, 0.25) is 0 Å². The van der Waals surface area contributed by atoms with Crippen molar-refractivity contribution in [2.45, 2.75) is 40.2 Å². The van der Waals surface area contributed by atoms with Crippen molar-refractivity contribution < 1.29 is 14.7 Å². The first-order chi connectivity index (χ1) is 9.66. The molecule has 0 radical (unpaired) electrons. The Morgan fingerprint density at radius 2 is 1.76 bits per heavy atom. The molecule has 0 aromatic heterocycles. The number of rotatable bonds is 4. The summed E-state index contributed by atoms with van der Waals surface area (Å²) in [5.41, 5.74) is 1.35. The van der Waals surface area contributed by atoms with Crippen molar-refractivity contribution in [2.24, 2.45) is 5.41 Å². The zero-order chi connectivity index (χ0) is 16.2. The normalized spacial score (nSPS) is 12.6. The SMILES string of the molecule is CCc1ccc(N(C)C(=O)N[C@H](C(=O)O)C(C)(C)C)cc1. The molecule has 0 saturated carbocycles. The number of hydrogen-bond acceptors (Lipinski definition) is 2. The molecule has 2 amide bonds. The Morgan fingerprint density at radius 1 is 1.24 bits per heavy atom. The van der Waals surface area contributed by atoms with E-state index in [1.54, 1.807) is 27.8 Å². The van der Waals surface area contributed by atoms with Crippen LogP contribution in [-0.4, -0.2) is 30.2 Å². The number of urea groups is 1. The topological polar surface area (TPSA) is 69.6 Å². The molecule has 1 aromatic carbocycles. The van der Waals surface area contributed by atoms with E-state index < -0.39 is 23.5 Å². The maximum atomic E-state index is 12.2. The molecule has 1 atom stereocenters. The fraction of sp³-hybridized carbons (Fsp3) is 0.500. The number of carboxylic acids is 1. The van der Waals surface area contributed by atoms with Crippen LogP contribution in [0.2, 0.25) is 0 Å². The first-order valence-corrected chi connectivity index (χ1v) is 7.02.